The summed E-state index contributed by atoms with van der Waals surface area (Å²) in [6.07, 6.45) is 19.4. The molecule has 0 atom stereocenters. The zero-order valence-electron chi connectivity index (χ0n) is 18.5. The van der Waals surface area contributed by atoms with Crippen molar-refractivity contribution in [1.82, 2.24) is 0 Å². The minimum absolute atomic E-state index is 0.500. The van der Waals surface area contributed by atoms with Crippen LogP contribution in [0.4, 0.5) is 4.39 Å². The number of benzene rings is 1. The van der Waals surface area contributed by atoms with Gasteiger partial charge in [-0.15, -0.1) is 0 Å². The fraction of sp³-hybridized carbons (Fsp3) is 0.704. The Kier molecular flexibility index (Phi) is 9.57. The van der Waals surface area contributed by atoms with Gasteiger partial charge in [-0.25, -0.2) is 4.39 Å². The Morgan fingerprint density at radius 3 is 2.07 bits per heavy atom. The molecule has 0 spiro atoms. The van der Waals surface area contributed by atoms with Gasteiger partial charge in [-0.2, -0.15) is 0 Å². The molecule has 1 aromatic rings. The van der Waals surface area contributed by atoms with Crippen molar-refractivity contribution in [2.24, 2.45) is 17.8 Å². The zero-order chi connectivity index (χ0) is 20.3. The maximum atomic E-state index is 12.3. The Hall–Kier alpha value is -1.31. The highest BCUT2D eigenvalue weighted by molar-refractivity contribution is 5.29. The van der Waals surface area contributed by atoms with Gasteiger partial charge >= 0.3 is 0 Å². The molecule has 162 valence electrons. The Morgan fingerprint density at radius 1 is 0.862 bits per heavy atom. The summed E-state index contributed by atoms with van der Waals surface area (Å²) in [5, 5.41) is 0. The minimum Gasteiger partial charge on any atom is -0.494 e. The van der Waals surface area contributed by atoms with Crippen LogP contribution in [0.2, 0.25) is 0 Å². The molecule has 0 aliphatic heterocycles. The normalized spacial score (nSPS) is 27.9. The van der Waals surface area contributed by atoms with Crippen molar-refractivity contribution in [2.75, 3.05) is 6.61 Å². The molecule has 0 saturated heterocycles. The van der Waals surface area contributed by atoms with Crippen LogP contribution in [0.15, 0.2) is 36.7 Å². The fourth-order valence-corrected chi connectivity index (χ4v) is 5.41. The van der Waals surface area contributed by atoms with E-state index in [-0.39, 0.29) is 0 Å². The number of allylic oxidation sites excluding steroid dienone is 1. The van der Waals surface area contributed by atoms with Crippen LogP contribution in [0.1, 0.15) is 102 Å². The zero-order valence-corrected chi connectivity index (χ0v) is 18.5. The molecule has 2 fully saturated rings. The van der Waals surface area contributed by atoms with Gasteiger partial charge in [0, 0.05) is 0 Å². The van der Waals surface area contributed by atoms with E-state index in [1.807, 2.05) is 0 Å². The van der Waals surface area contributed by atoms with Crippen molar-refractivity contribution in [3.05, 3.63) is 42.2 Å². The summed E-state index contributed by atoms with van der Waals surface area (Å²) in [5.41, 5.74) is 1.50. The molecular weight excluding hydrogens is 359 g/mol. The van der Waals surface area contributed by atoms with Crippen LogP contribution in [-0.4, -0.2) is 6.61 Å². The monoisotopic (exact) mass is 400 g/mol. The van der Waals surface area contributed by atoms with Crippen LogP contribution >= 0.6 is 0 Å². The molecule has 2 saturated carbocycles. The van der Waals surface area contributed by atoms with Gasteiger partial charge in [0.2, 0.25) is 0 Å². The second-order valence-corrected chi connectivity index (χ2v) is 9.52. The standard InChI is InChI=1S/C27H41FO/c1-2-3-4-21-29-27-17-15-26(16-18-27)25-13-11-23(12-14-25)6-5-22-7-9-24(10-8-22)19-20-28/h15-20,22-25H,2-14,21H2,1H3/b20-19+. The number of hydrogen-bond donors (Lipinski definition) is 0. The van der Waals surface area contributed by atoms with Gasteiger partial charge in [0.1, 0.15) is 5.75 Å². The van der Waals surface area contributed by atoms with Gasteiger partial charge in [-0.1, -0.05) is 50.8 Å². The molecule has 2 aliphatic rings. The third-order valence-corrected chi connectivity index (χ3v) is 7.43. The lowest BCUT2D eigenvalue weighted by atomic mass is 9.74. The van der Waals surface area contributed by atoms with E-state index in [2.05, 4.69) is 31.2 Å². The lowest BCUT2D eigenvalue weighted by Crippen LogP contribution is -2.17. The number of rotatable bonds is 10. The summed E-state index contributed by atoms with van der Waals surface area (Å²) in [6, 6.07) is 8.93. The molecule has 0 unspecified atom stereocenters. The summed E-state index contributed by atoms with van der Waals surface area (Å²) in [6.45, 7) is 3.06. The molecule has 3 rings (SSSR count). The average molecular weight is 401 g/mol. The fourth-order valence-electron chi connectivity index (χ4n) is 5.41. The Labute approximate surface area is 178 Å². The first-order valence-electron chi connectivity index (χ1n) is 12.3. The lowest BCUT2D eigenvalue weighted by molar-refractivity contribution is 0.245. The number of ether oxygens (including phenoxy) is 1. The van der Waals surface area contributed by atoms with E-state index in [0.29, 0.717) is 5.92 Å². The molecule has 0 heterocycles. The van der Waals surface area contributed by atoms with Crippen molar-refractivity contribution in [3.63, 3.8) is 0 Å². The molecule has 1 aromatic carbocycles. The third kappa shape index (κ3) is 7.46. The Morgan fingerprint density at radius 2 is 1.48 bits per heavy atom. The number of halogens is 1. The first-order chi connectivity index (χ1) is 14.3. The van der Waals surface area contributed by atoms with Gasteiger partial charge < -0.3 is 4.74 Å². The highest BCUT2D eigenvalue weighted by Gasteiger charge is 2.25. The van der Waals surface area contributed by atoms with E-state index in [1.54, 1.807) is 6.08 Å². The van der Waals surface area contributed by atoms with E-state index in [1.165, 1.54) is 82.6 Å². The number of unbranched alkanes of at least 4 members (excludes halogenated alkanes) is 2. The largest absolute Gasteiger partial charge is 0.494 e. The third-order valence-electron chi connectivity index (χ3n) is 7.43. The molecule has 0 aromatic heterocycles. The van der Waals surface area contributed by atoms with Crippen LogP contribution in [0.3, 0.4) is 0 Å². The second-order valence-electron chi connectivity index (χ2n) is 9.52. The minimum atomic E-state index is 0.500. The van der Waals surface area contributed by atoms with Crippen LogP contribution in [0.25, 0.3) is 0 Å². The van der Waals surface area contributed by atoms with E-state index in [9.17, 15) is 4.39 Å². The molecule has 0 bridgehead atoms. The van der Waals surface area contributed by atoms with Crippen LogP contribution < -0.4 is 4.74 Å². The summed E-state index contributed by atoms with van der Waals surface area (Å²) in [4.78, 5) is 0. The van der Waals surface area contributed by atoms with Crippen LogP contribution in [0.5, 0.6) is 5.75 Å². The van der Waals surface area contributed by atoms with E-state index < -0.39 is 0 Å². The van der Waals surface area contributed by atoms with E-state index in [0.717, 1.165) is 42.9 Å². The summed E-state index contributed by atoms with van der Waals surface area (Å²) < 4.78 is 18.2. The molecule has 0 amide bonds. The van der Waals surface area contributed by atoms with Crippen LogP contribution in [-0.2, 0) is 0 Å². The summed E-state index contributed by atoms with van der Waals surface area (Å²) >= 11 is 0. The first-order valence-corrected chi connectivity index (χ1v) is 12.3. The van der Waals surface area contributed by atoms with Gasteiger partial charge in [-0.05, 0) is 99.2 Å². The molecule has 2 heteroatoms. The highest BCUT2D eigenvalue weighted by Crippen LogP contribution is 2.40. The SMILES string of the molecule is CCCCCOc1ccc(C2CCC(CCC3CCC(/C=C/F)CC3)CC2)cc1. The van der Waals surface area contributed by atoms with Crippen molar-refractivity contribution < 1.29 is 9.13 Å². The maximum Gasteiger partial charge on any atom is 0.119 e. The maximum absolute atomic E-state index is 12.3. The number of hydrogen-bond acceptors (Lipinski definition) is 1. The van der Waals surface area contributed by atoms with Gasteiger partial charge in [-0.3, -0.25) is 0 Å². The molecule has 2 aliphatic carbocycles. The smallest absolute Gasteiger partial charge is 0.119 e. The van der Waals surface area contributed by atoms with Crippen molar-refractivity contribution in [3.8, 4) is 5.75 Å². The average Bonchev–Trinajstić information content (AvgIpc) is 2.77. The first kappa shape index (κ1) is 22.4. The van der Waals surface area contributed by atoms with Crippen LogP contribution in [0, 0.1) is 17.8 Å². The molecule has 0 N–H and O–H groups in total. The van der Waals surface area contributed by atoms with Gasteiger partial charge in [0.15, 0.2) is 0 Å². The predicted molar refractivity (Wildman–Crippen MR) is 121 cm³/mol. The highest BCUT2D eigenvalue weighted by atomic mass is 19.1. The van der Waals surface area contributed by atoms with Crippen molar-refractivity contribution in [1.29, 1.82) is 0 Å². The second kappa shape index (κ2) is 12.4. The van der Waals surface area contributed by atoms with E-state index in [4.69, 9.17) is 4.74 Å². The molecule has 1 nitrogen and oxygen atoms in total. The summed E-state index contributed by atoms with van der Waals surface area (Å²) in [5.74, 6) is 4.08. The molecular formula is C27H41FO. The Bertz CT molecular complexity index is 577. The van der Waals surface area contributed by atoms with Crippen molar-refractivity contribution >= 4 is 0 Å². The van der Waals surface area contributed by atoms with Crippen molar-refractivity contribution in [2.45, 2.75) is 96.3 Å². The Balaban J connectivity index is 1.33. The topological polar surface area (TPSA) is 9.23 Å². The molecule has 0 radical (unpaired) electrons. The predicted octanol–water partition coefficient (Wildman–Crippen LogP) is 8.60. The lowest BCUT2D eigenvalue weighted by Gasteiger charge is -2.31. The summed E-state index contributed by atoms with van der Waals surface area (Å²) in [7, 11) is 0. The molecule has 29 heavy (non-hydrogen) atoms. The quantitative estimate of drug-likeness (QED) is 0.357. The van der Waals surface area contributed by atoms with Gasteiger partial charge in [0.25, 0.3) is 0 Å². The van der Waals surface area contributed by atoms with E-state index >= 15 is 0 Å². The van der Waals surface area contributed by atoms with Gasteiger partial charge in [0.05, 0.1) is 12.9 Å².